The Morgan fingerprint density at radius 1 is 1.14 bits per heavy atom. The molecule has 3 heteroatoms. The van der Waals surface area contributed by atoms with Crippen LogP contribution in [-0.4, -0.2) is 5.11 Å². The van der Waals surface area contributed by atoms with Crippen molar-refractivity contribution in [3.63, 3.8) is 0 Å². The maximum absolute atomic E-state index is 10.7. The second kappa shape index (κ2) is 3.38. The molecule has 2 aromatic rings. The summed E-state index contributed by atoms with van der Waals surface area (Å²) in [4.78, 5) is 10.7. The molecular weight excluding hydrogens is 180 g/mol. The average molecular weight is 188 g/mol. The standard InChI is InChI=1S/C11H8O3/c12-10-6-11(13)14-7-9(10)8-4-2-1-3-5-8/h1-7,12H. The molecule has 0 saturated carbocycles. The van der Waals surface area contributed by atoms with Crippen molar-refractivity contribution in [2.45, 2.75) is 0 Å². The highest BCUT2D eigenvalue weighted by Crippen LogP contribution is 2.26. The molecule has 1 N–H and O–H groups in total. The lowest BCUT2D eigenvalue weighted by molar-refractivity contribution is 0.450. The van der Waals surface area contributed by atoms with E-state index >= 15 is 0 Å². The van der Waals surface area contributed by atoms with Crippen LogP contribution in [0.4, 0.5) is 0 Å². The Morgan fingerprint density at radius 2 is 1.86 bits per heavy atom. The fourth-order valence-electron chi connectivity index (χ4n) is 1.23. The summed E-state index contributed by atoms with van der Waals surface area (Å²) < 4.78 is 4.68. The van der Waals surface area contributed by atoms with E-state index < -0.39 is 5.63 Å². The molecule has 1 aromatic carbocycles. The number of rotatable bonds is 1. The summed E-state index contributed by atoms with van der Waals surface area (Å²) >= 11 is 0. The van der Waals surface area contributed by atoms with E-state index in [1.54, 1.807) is 0 Å². The van der Waals surface area contributed by atoms with E-state index in [-0.39, 0.29) is 5.75 Å². The summed E-state index contributed by atoms with van der Waals surface area (Å²) in [5, 5.41) is 9.48. The monoisotopic (exact) mass is 188 g/mol. The summed E-state index contributed by atoms with van der Waals surface area (Å²) in [6.45, 7) is 0. The van der Waals surface area contributed by atoms with E-state index in [0.717, 1.165) is 11.6 Å². The van der Waals surface area contributed by atoms with E-state index in [4.69, 9.17) is 0 Å². The van der Waals surface area contributed by atoms with Gasteiger partial charge in [0.2, 0.25) is 0 Å². The minimum atomic E-state index is -0.554. The zero-order chi connectivity index (χ0) is 9.97. The van der Waals surface area contributed by atoms with Gasteiger partial charge in [-0.3, -0.25) is 0 Å². The smallest absolute Gasteiger partial charge is 0.339 e. The first-order valence-corrected chi connectivity index (χ1v) is 4.14. The van der Waals surface area contributed by atoms with Crippen molar-refractivity contribution < 1.29 is 9.52 Å². The van der Waals surface area contributed by atoms with Gasteiger partial charge in [0, 0.05) is 0 Å². The van der Waals surface area contributed by atoms with E-state index in [1.165, 1.54) is 6.26 Å². The van der Waals surface area contributed by atoms with Crippen molar-refractivity contribution in [1.82, 2.24) is 0 Å². The molecule has 0 aliphatic heterocycles. The third kappa shape index (κ3) is 1.52. The van der Waals surface area contributed by atoms with Crippen molar-refractivity contribution in [1.29, 1.82) is 0 Å². The van der Waals surface area contributed by atoms with Gasteiger partial charge in [-0.2, -0.15) is 0 Å². The Labute approximate surface area is 80.2 Å². The molecule has 0 aliphatic rings. The lowest BCUT2D eigenvalue weighted by Gasteiger charge is -2.01. The Morgan fingerprint density at radius 3 is 2.50 bits per heavy atom. The normalized spacial score (nSPS) is 10.0. The molecule has 0 amide bonds. The minimum absolute atomic E-state index is 0.0625. The van der Waals surface area contributed by atoms with Gasteiger partial charge in [-0.05, 0) is 5.56 Å². The summed E-state index contributed by atoms with van der Waals surface area (Å²) in [6, 6.07) is 10.3. The van der Waals surface area contributed by atoms with Crippen LogP contribution in [0.1, 0.15) is 0 Å². The molecule has 70 valence electrons. The van der Waals surface area contributed by atoms with E-state index in [1.807, 2.05) is 30.3 Å². The van der Waals surface area contributed by atoms with Gasteiger partial charge in [-0.25, -0.2) is 4.79 Å². The van der Waals surface area contributed by atoms with E-state index in [2.05, 4.69) is 4.42 Å². The summed E-state index contributed by atoms with van der Waals surface area (Å²) in [7, 11) is 0. The average Bonchev–Trinajstić information content (AvgIpc) is 2.19. The molecular formula is C11H8O3. The van der Waals surface area contributed by atoms with Gasteiger partial charge in [0.15, 0.2) is 0 Å². The van der Waals surface area contributed by atoms with Crippen LogP contribution in [0, 0.1) is 0 Å². The van der Waals surface area contributed by atoms with E-state index in [9.17, 15) is 9.90 Å². The van der Waals surface area contributed by atoms with Crippen molar-refractivity contribution >= 4 is 0 Å². The molecule has 0 unspecified atom stereocenters. The summed E-state index contributed by atoms with van der Waals surface area (Å²) in [5.74, 6) is -0.0625. The SMILES string of the molecule is O=c1cc(O)c(-c2ccccc2)co1. The van der Waals surface area contributed by atoms with Gasteiger partial charge in [-0.1, -0.05) is 30.3 Å². The zero-order valence-corrected chi connectivity index (χ0v) is 7.31. The molecule has 1 heterocycles. The highest BCUT2D eigenvalue weighted by Gasteiger charge is 2.04. The Bertz CT molecular complexity index is 485. The van der Waals surface area contributed by atoms with Gasteiger partial charge < -0.3 is 9.52 Å². The molecule has 0 bridgehead atoms. The van der Waals surface area contributed by atoms with Crippen LogP contribution in [0.2, 0.25) is 0 Å². The molecule has 0 radical (unpaired) electrons. The molecule has 1 aromatic heterocycles. The largest absolute Gasteiger partial charge is 0.507 e. The van der Waals surface area contributed by atoms with Crippen LogP contribution in [-0.2, 0) is 0 Å². The first-order valence-electron chi connectivity index (χ1n) is 4.14. The number of benzene rings is 1. The maximum Gasteiger partial charge on any atom is 0.339 e. The zero-order valence-electron chi connectivity index (χ0n) is 7.31. The second-order valence-electron chi connectivity index (χ2n) is 2.86. The quantitative estimate of drug-likeness (QED) is 0.744. The minimum Gasteiger partial charge on any atom is -0.507 e. The van der Waals surface area contributed by atoms with Crippen LogP contribution < -0.4 is 5.63 Å². The third-order valence-electron chi connectivity index (χ3n) is 1.91. The van der Waals surface area contributed by atoms with Gasteiger partial charge in [0.25, 0.3) is 0 Å². The molecule has 14 heavy (non-hydrogen) atoms. The molecule has 0 saturated heterocycles. The number of aromatic hydroxyl groups is 1. The first-order chi connectivity index (χ1) is 6.77. The van der Waals surface area contributed by atoms with Gasteiger partial charge in [0.05, 0.1) is 11.6 Å². The highest BCUT2D eigenvalue weighted by molar-refractivity contribution is 5.68. The van der Waals surface area contributed by atoms with Gasteiger partial charge >= 0.3 is 5.63 Å². The lowest BCUT2D eigenvalue weighted by atomic mass is 10.1. The number of hydrogen-bond acceptors (Lipinski definition) is 3. The molecule has 3 nitrogen and oxygen atoms in total. The van der Waals surface area contributed by atoms with Crippen LogP contribution in [0.5, 0.6) is 5.75 Å². The molecule has 0 atom stereocenters. The van der Waals surface area contributed by atoms with Gasteiger partial charge in [-0.15, -0.1) is 0 Å². The first kappa shape index (κ1) is 8.56. The third-order valence-corrected chi connectivity index (χ3v) is 1.91. The van der Waals surface area contributed by atoms with Crippen molar-refractivity contribution in [2.75, 3.05) is 0 Å². The van der Waals surface area contributed by atoms with Crippen molar-refractivity contribution in [3.05, 3.63) is 53.1 Å². The highest BCUT2D eigenvalue weighted by atomic mass is 16.4. The predicted octanol–water partition coefficient (Wildman–Crippen LogP) is 2.01. The Balaban J connectivity index is 2.58. The Hall–Kier alpha value is -2.03. The van der Waals surface area contributed by atoms with Crippen molar-refractivity contribution in [2.24, 2.45) is 0 Å². The van der Waals surface area contributed by atoms with Crippen LogP contribution >= 0.6 is 0 Å². The second-order valence-corrected chi connectivity index (χ2v) is 2.86. The topological polar surface area (TPSA) is 50.4 Å². The molecule has 0 spiro atoms. The molecule has 0 aliphatic carbocycles. The predicted molar refractivity (Wildman–Crippen MR) is 52.1 cm³/mol. The van der Waals surface area contributed by atoms with Crippen LogP contribution in [0.3, 0.4) is 0 Å². The summed E-state index contributed by atoms with van der Waals surface area (Å²) in [5.41, 5.74) is 0.779. The molecule has 2 rings (SSSR count). The van der Waals surface area contributed by atoms with Crippen molar-refractivity contribution in [3.8, 4) is 16.9 Å². The fraction of sp³-hybridized carbons (Fsp3) is 0. The summed E-state index contributed by atoms with van der Waals surface area (Å²) in [6.07, 6.45) is 1.26. The fourth-order valence-corrected chi connectivity index (χ4v) is 1.23. The van der Waals surface area contributed by atoms with Gasteiger partial charge in [0.1, 0.15) is 12.0 Å². The maximum atomic E-state index is 10.7. The van der Waals surface area contributed by atoms with E-state index in [0.29, 0.717) is 5.56 Å². The Kier molecular flexibility index (Phi) is 2.07. The lowest BCUT2D eigenvalue weighted by Crippen LogP contribution is -1.94. The van der Waals surface area contributed by atoms with Crippen LogP contribution in [0.25, 0.3) is 11.1 Å². The number of hydrogen-bond donors (Lipinski definition) is 1. The van der Waals surface area contributed by atoms with Crippen LogP contribution in [0.15, 0.2) is 51.9 Å². The molecule has 0 fully saturated rings.